The van der Waals surface area contributed by atoms with Gasteiger partial charge in [0.25, 0.3) is 0 Å². The fourth-order valence-corrected chi connectivity index (χ4v) is 2.08. The highest BCUT2D eigenvalue weighted by atomic mass is 15.2. The Labute approximate surface area is 112 Å². The predicted molar refractivity (Wildman–Crippen MR) is 77.4 cm³/mol. The fourth-order valence-electron chi connectivity index (χ4n) is 2.08. The Balaban J connectivity index is 2.79. The van der Waals surface area contributed by atoms with Crippen molar-refractivity contribution in [1.82, 2.24) is 15.2 Å². The fraction of sp³-hybridized carbons (Fsp3) is 0.667. The summed E-state index contributed by atoms with van der Waals surface area (Å²) in [5.41, 5.74) is 2.50. The zero-order valence-corrected chi connectivity index (χ0v) is 12.4. The summed E-state index contributed by atoms with van der Waals surface area (Å²) >= 11 is 0. The van der Waals surface area contributed by atoms with Gasteiger partial charge in [0.1, 0.15) is 0 Å². The minimum atomic E-state index is 0.553. The molecule has 1 aromatic heterocycles. The van der Waals surface area contributed by atoms with E-state index in [1.807, 2.05) is 19.3 Å². The molecule has 0 atom stereocenters. The zero-order valence-electron chi connectivity index (χ0n) is 12.4. The highest BCUT2D eigenvalue weighted by Gasteiger charge is 2.14. The van der Waals surface area contributed by atoms with Crippen LogP contribution in [-0.2, 0) is 13.1 Å². The maximum Gasteiger partial charge on any atom is 0.0588 e. The van der Waals surface area contributed by atoms with Gasteiger partial charge in [-0.15, -0.1) is 0 Å². The van der Waals surface area contributed by atoms with E-state index in [0.717, 1.165) is 19.6 Å². The van der Waals surface area contributed by atoms with Crippen molar-refractivity contribution in [2.75, 3.05) is 13.6 Å². The molecular formula is C15H27N3. The molecule has 0 aliphatic carbocycles. The second kappa shape index (κ2) is 7.49. The number of hydrogen-bond donors (Lipinski definition) is 1. The molecule has 0 aliphatic heterocycles. The van der Waals surface area contributed by atoms with Crippen LogP contribution in [0.15, 0.2) is 18.3 Å². The Morgan fingerprint density at radius 1 is 1.28 bits per heavy atom. The molecule has 3 heteroatoms. The van der Waals surface area contributed by atoms with Crippen molar-refractivity contribution in [2.24, 2.45) is 5.92 Å². The van der Waals surface area contributed by atoms with Crippen LogP contribution >= 0.6 is 0 Å². The molecule has 1 aromatic rings. The van der Waals surface area contributed by atoms with Crippen LogP contribution < -0.4 is 5.32 Å². The Hall–Kier alpha value is -0.930. The summed E-state index contributed by atoms with van der Waals surface area (Å²) in [6.45, 7) is 12.0. The van der Waals surface area contributed by atoms with Gasteiger partial charge in [-0.3, -0.25) is 9.88 Å². The van der Waals surface area contributed by atoms with Crippen molar-refractivity contribution >= 4 is 0 Å². The van der Waals surface area contributed by atoms with Crippen molar-refractivity contribution in [2.45, 2.75) is 46.8 Å². The third-order valence-electron chi connectivity index (χ3n) is 3.03. The molecule has 18 heavy (non-hydrogen) atoms. The first-order chi connectivity index (χ1) is 8.54. The third kappa shape index (κ3) is 4.75. The zero-order chi connectivity index (χ0) is 13.5. The third-order valence-corrected chi connectivity index (χ3v) is 3.03. The Kier molecular flexibility index (Phi) is 6.30. The van der Waals surface area contributed by atoms with E-state index < -0.39 is 0 Å². The molecule has 0 aliphatic rings. The minimum Gasteiger partial charge on any atom is -0.316 e. The molecule has 102 valence electrons. The standard InChI is InChI=1S/C15H27N3/c1-12(2)10-18(13(3)4)11-15-14(9-16-5)7-6-8-17-15/h6-8,12-13,16H,9-11H2,1-5H3. The first-order valence-electron chi connectivity index (χ1n) is 6.86. The van der Waals surface area contributed by atoms with E-state index >= 15 is 0 Å². The largest absolute Gasteiger partial charge is 0.316 e. The molecule has 0 aromatic carbocycles. The highest BCUT2D eigenvalue weighted by Crippen LogP contribution is 2.13. The number of aromatic nitrogens is 1. The average molecular weight is 249 g/mol. The molecule has 0 amide bonds. The maximum absolute atomic E-state index is 4.55. The Morgan fingerprint density at radius 3 is 2.56 bits per heavy atom. The Bertz CT molecular complexity index is 347. The molecule has 0 spiro atoms. The summed E-state index contributed by atoms with van der Waals surface area (Å²) in [4.78, 5) is 7.04. The van der Waals surface area contributed by atoms with Crippen molar-refractivity contribution in [3.63, 3.8) is 0 Å². The van der Waals surface area contributed by atoms with Crippen LogP contribution in [0.2, 0.25) is 0 Å². The molecule has 0 bridgehead atoms. The number of pyridine rings is 1. The molecule has 0 fully saturated rings. The second-order valence-electron chi connectivity index (χ2n) is 5.56. The summed E-state index contributed by atoms with van der Waals surface area (Å²) in [6.07, 6.45) is 1.89. The second-order valence-corrected chi connectivity index (χ2v) is 5.56. The van der Waals surface area contributed by atoms with Gasteiger partial charge in [0.2, 0.25) is 0 Å². The van der Waals surface area contributed by atoms with E-state index in [1.54, 1.807) is 0 Å². The molecule has 0 saturated heterocycles. The molecule has 3 nitrogen and oxygen atoms in total. The lowest BCUT2D eigenvalue weighted by Crippen LogP contribution is -2.34. The van der Waals surface area contributed by atoms with Gasteiger partial charge in [-0.05, 0) is 38.4 Å². The van der Waals surface area contributed by atoms with Crippen molar-refractivity contribution < 1.29 is 0 Å². The van der Waals surface area contributed by atoms with E-state index in [4.69, 9.17) is 0 Å². The summed E-state index contributed by atoms with van der Waals surface area (Å²) < 4.78 is 0. The van der Waals surface area contributed by atoms with Crippen LogP contribution in [-0.4, -0.2) is 29.5 Å². The summed E-state index contributed by atoms with van der Waals surface area (Å²) in [7, 11) is 1.98. The van der Waals surface area contributed by atoms with Crippen molar-refractivity contribution in [1.29, 1.82) is 0 Å². The number of nitrogens with zero attached hydrogens (tertiary/aromatic N) is 2. The summed E-state index contributed by atoms with van der Waals surface area (Å²) in [5.74, 6) is 0.684. The van der Waals surface area contributed by atoms with Crippen molar-refractivity contribution in [3.05, 3.63) is 29.6 Å². The minimum absolute atomic E-state index is 0.553. The van der Waals surface area contributed by atoms with Gasteiger partial charge in [-0.25, -0.2) is 0 Å². The van der Waals surface area contributed by atoms with Crippen LogP contribution in [0.3, 0.4) is 0 Å². The summed E-state index contributed by atoms with van der Waals surface area (Å²) in [6, 6.07) is 4.72. The molecular weight excluding hydrogens is 222 g/mol. The average Bonchev–Trinajstić information content (AvgIpc) is 2.30. The van der Waals surface area contributed by atoms with Gasteiger partial charge >= 0.3 is 0 Å². The van der Waals surface area contributed by atoms with Crippen LogP contribution in [0, 0.1) is 5.92 Å². The maximum atomic E-state index is 4.55. The van der Waals surface area contributed by atoms with Crippen LogP contribution in [0.25, 0.3) is 0 Å². The molecule has 0 saturated carbocycles. The lowest BCUT2D eigenvalue weighted by molar-refractivity contribution is 0.186. The van der Waals surface area contributed by atoms with Gasteiger partial charge in [0.05, 0.1) is 5.69 Å². The SMILES string of the molecule is CNCc1cccnc1CN(CC(C)C)C(C)C. The quantitative estimate of drug-likeness (QED) is 0.805. The molecule has 1 rings (SSSR count). The first-order valence-corrected chi connectivity index (χ1v) is 6.86. The normalized spacial score (nSPS) is 11.8. The highest BCUT2D eigenvalue weighted by molar-refractivity contribution is 5.19. The van der Waals surface area contributed by atoms with Crippen LogP contribution in [0.5, 0.6) is 0 Å². The number of rotatable bonds is 7. The van der Waals surface area contributed by atoms with Gasteiger partial charge < -0.3 is 5.32 Å². The number of hydrogen-bond acceptors (Lipinski definition) is 3. The smallest absolute Gasteiger partial charge is 0.0588 e. The van der Waals surface area contributed by atoms with E-state index in [1.165, 1.54) is 11.3 Å². The first kappa shape index (κ1) is 15.1. The topological polar surface area (TPSA) is 28.2 Å². The summed E-state index contributed by atoms with van der Waals surface area (Å²) in [5, 5.41) is 3.21. The molecule has 0 radical (unpaired) electrons. The van der Waals surface area contributed by atoms with Gasteiger partial charge in [0, 0.05) is 31.9 Å². The Morgan fingerprint density at radius 2 is 2.00 bits per heavy atom. The lowest BCUT2D eigenvalue weighted by Gasteiger charge is -2.28. The molecule has 1 N–H and O–H groups in total. The molecule has 0 unspecified atom stereocenters. The van der Waals surface area contributed by atoms with Crippen LogP contribution in [0.1, 0.15) is 39.0 Å². The lowest BCUT2D eigenvalue weighted by atomic mass is 10.1. The van der Waals surface area contributed by atoms with Gasteiger partial charge in [-0.1, -0.05) is 19.9 Å². The van der Waals surface area contributed by atoms with E-state index in [2.05, 4.69) is 49.0 Å². The van der Waals surface area contributed by atoms with Gasteiger partial charge in [-0.2, -0.15) is 0 Å². The monoisotopic (exact) mass is 249 g/mol. The predicted octanol–water partition coefficient (Wildman–Crippen LogP) is 2.67. The van der Waals surface area contributed by atoms with E-state index in [9.17, 15) is 0 Å². The van der Waals surface area contributed by atoms with Crippen molar-refractivity contribution in [3.8, 4) is 0 Å². The number of nitrogens with one attached hydrogen (secondary N) is 1. The van der Waals surface area contributed by atoms with E-state index in [-0.39, 0.29) is 0 Å². The van der Waals surface area contributed by atoms with Crippen LogP contribution in [0.4, 0.5) is 0 Å². The van der Waals surface area contributed by atoms with E-state index in [0.29, 0.717) is 12.0 Å². The van der Waals surface area contributed by atoms with Gasteiger partial charge in [0.15, 0.2) is 0 Å². The molecule has 1 heterocycles.